The minimum Gasteiger partial charge on any atom is -0.298 e. The van der Waals surface area contributed by atoms with Crippen molar-refractivity contribution >= 4 is 38.3 Å². The molecule has 0 saturated carbocycles. The first-order valence-electron chi connectivity index (χ1n) is 8.66. The third-order valence-electron chi connectivity index (χ3n) is 3.83. The molecule has 0 bridgehead atoms. The summed E-state index contributed by atoms with van der Waals surface area (Å²) in [4.78, 5) is 20.8. The number of thiazole rings is 1. The largest absolute Gasteiger partial charge is 0.298 e. The Morgan fingerprint density at radius 2 is 2.00 bits per heavy atom. The van der Waals surface area contributed by atoms with Gasteiger partial charge in [-0.15, -0.1) is 11.3 Å². The summed E-state index contributed by atoms with van der Waals surface area (Å²) in [6, 6.07) is 10.2. The summed E-state index contributed by atoms with van der Waals surface area (Å²) in [6.07, 6.45) is 6.99. The van der Waals surface area contributed by atoms with Crippen molar-refractivity contribution in [2.75, 3.05) is 11.1 Å². The van der Waals surface area contributed by atoms with E-state index in [1.807, 2.05) is 24.4 Å². The van der Waals surface area contributed by atoms with Crippen molar-refractivity contribution in [3.63, 3.8) is 0 Å². The van der Waals surface area contributed by atoms with E-state index in [9.17, 15) is 13.2 Å². The van der Waals surface area contributed by atoms with Crippen molar-refractivity contribution in [3.05, 3.63) is 65.8 Å². The molecule has 1 N–H and O–H groups in total. The van der Waals surface area contributed by atoms with Gasteiger partial charge in [-0.05, 0) is 42.3 Å². The predicted molar refractivity (Wildman–Crippen MR) is 112 cm³/mol. The van der Waals surface area contributed by atoms with Gasteiger partial charge in [0.15, 0.2) is 15.0 Å². The highest BCUT2D eigenvalue weighted by atomic mass is 32.2. The van der Waals surface area contributed by atoms with Crippen molar-refractivity contribution in [3.8, 4) is 11.3 Å². The molecule has 0 fully saturated rings. The van der Waals surface area contributed by atoms with E-state index in [0.717, 1.165) is 16.8 Å². The van der Waals surface area contributed by atoms with Crippen LogP contribution in [0.25, 0.3) is 17.3 Å². The fourth-order valence-electron chi connectivity index (χ4n) is 2.47. The monoisotopic (exact) mass is 413 g/mol. The second-order valence-electron chi connectivity index (χ2n) is 5.99. The number of amides is 1. The van der Waals surface area contributed by atoms with Crippen LogP contribution in [0.5, 0.6) is 0 Å². The third kappa shape index (κ3) is 5.11. The van der Waals surface area contributed by atoms with Crippen LogP contribution in [-0.4, -0.2) is 30.0 Å². The highest BCUT2D eigenvalue weighted by Gasteiger charge is 2.12. The smallest absolute Gasteiger partial charge is 0.250 e. The van der Waals surface area contributed by atoms with Crippen molar-refractivity contribution in [2.24, 2.45) is 0 Å². The maximum absolute atomic E-state index is 12.1. The summed E-state index contributed by atoms with van der Waals surface area (Å²) in [5, 5.41) is 5.07. The lowest BCUT2D eigenvalue weighted by molar-refractivity contribution is -0.111. The van der Waals surface area contributed by atoms with Crippen molar-refractivity contribution in [2.45, 2.75) is 18.2 Å². The summed E-state index contributed by atoms with van der Waals surface area (Å²) in [5.41, 5.74) is 2.37. The Morgan fingerprint density at radius 3 is 2.68 bits per heavy atom. The van der Waals surface area contributed by atoms with E-state index in [2.05, 4.69) is 15.3 Å². The van der Waals surface area contributed by atoms with Crippen LogP contribution in [0.2, 0.25) is 0 Å². The molecule has 144 valence electrons. The number of rotatable bonds is 7. The Labute approximate surface area is 167 Å². The maximum Gasteiger partial charge on any atom is 0.250 e. The number of nitrogens with one attached hydrogen (secondary N) is 1. The summed E-state index contributed by atoms with van der Waals surface area (Å²) in [7, 11) is -3.23. The second kappa shape index (κ2) is 8.90. The predicted octanol–water partition coefficient (Wildman–Crippen LogP) is 4.04. The van der Waals surface area contributed by atoms with Crippen molar-refractivity contribution < 1.29 is 13.2 Å². The van der Waals surface area contributed by atoms with Gasteiger partial charge >= 0.3 is 0 Å². The van der Waals surface area contributed by atoms with Gasteiger partial charge in [-0.1, -0.05) is 19.1 Å². The lowest BCUT2D eigenvalue weighted by atomic mass is 10.2. The number of sulfone groups is 1. The average molecular weight is 414 g/mol. The molecule has 0 radical (unpaired) electrons. The molecule has 0 aliphatic carbocycles. The Hall–Kier alpha value is -2.84. The van der Waals surface area contributed by atoms with Crippen LogP contribution in [0.1, 0.15) is 18.9 Å². The average Bonchev–Trinajstić information content (AvgIpc) is 3.16. The molecule has 0 aliphatic heterocycles. The van der Waals surface area contributed by atoms with Gasteiger partial charge in [0.1, 0.15) is 0 Å². The summed E-state index contributed by atoms with van der Waals surface area (Å²) in [5.74, 6) is -0.186. The zero-order chi connectivity index (χ0) is 20.0. The number of carbonyl (C=O) groups is 1. The molecular weight excluding hydrogens is 394 g/mol. The summed E-state index contributed by atoms with van der Waals surface area (Å²) < 4.78 is 24.1. The highest BCUT2D eigenvalue weighted by Crippen LogP contribution is 2.24. The molecule has 3 rings (SSSR count). The Balaban J connectivity index is 1.62. The molecule has 0 saturated heterocycles. The zero-order valence-electron chi connectivity index (χ0n) is 15.2. The third-order valence-corrected chi connectivity index (χ3v) is 6.52. The minimum atomic E-state index is -3.23. The van der Waals surface area contributed by atoms with Crippen LogP contribution >= 0.6 is 11.3 Å². The van der Waals surface area contributed by atoms with Gasteiger partial charge < -0.3 is 0 Å². The van der Waals surface area contributed by atoms with Crippen molar-refractivity contribution in [1.29, 1.82) is 0 Å². The molecule has 3 aromatic rings. The first-order valence-corrected chi connectivity index (χ1v) is 11.2. The normalized spacial score (nSPS) is 11.6. The van der Waals surface area contributed by atoms with E-state index < -0.39 is 9.84 Å². The summed E-state index contributed by atoms with van der Waals surface area (Å²) in [6.45, 7) is 1.83. The maximum atomic E-state index is 12.1. The van der Waals surface area contributed by atoms with Gasteiger partial charge in [0.25, 0.3) is 0 Å². The number of pyridine rings is 1. The number of nitrogens with zero attached hydrogens (tertiary/aromatic N) is 2. The van der Waals surface area contributed by atoms with Gasteiger partial charge in [0.05, 0.1) is 16.3 Å². The van der Waals surface area contributed by atoms with E-state index in [4.69, 9.17) is 0 Å². The van der Waals surface area contributed by atoms with Crippen LogP contribution in [0.15, 0.2) is 65.1 Å². The van der Waals surface area contributed by atoms with Gasteiger partial charge in [-0.3, -0.25) is 15.1 Å². The van der Waals surface area contributed by atoms with Crippen LogP contribution in [0, 0.1) is 0 Å². The molecular formula is C20H19N3O3S2. The fraction of sp³-hybridized carbons (Fsp3) is 0.150. The van der Waals surface area contributed by atoms with E-state index in [1.165, 1.54) is 17.4 Å². The van der Waals surface area contributed by atoms with Crippen LogP contribution in [-0.2, 0) is 14.6 Å². The van der Waals surface area contributed by atoms with Crippen LogP contribution in [0.3, 0.4) is 0 Å². The zero-order valence-corrected chi connectivity index (χ0v) is 16.8. The molecule has 6 nitrogen and oxygen atoms in total. The Morgan fingerprint density at radius 1 is 1.21 bits per heavy atom. The van der Waals surface area contributed by atoms with Crippen LogP contribution < -0.4 is 5.32 Å². The minimum absolute atomic E-state index is 0.124. The molecule has 0 unspecified atom stereocenters. The number of hydrogen-bond acceptors (Lipinski definition) is 6. The van der Waals surface area contributed by atoms with E-state index in [-0.39, 0.29) is 11.7 Å². The number of carbonyl (C=O) groups excluding carboxylic acids is 1. The lowest BCUT2D eigenvalue weighted by Gasteiger charge is -2.03. The molecule has 2 aromatic heterocycles. The number of anilines is 1. The highest BCUT2D eigenvalue weighted by molar-refractivity contribution is 7.91. The standard InChI is InChI=1S/C20H19N3O3S2/c1-2-12-28(25,26)17-8-5-15(6-9-17)7-10-19(24)23-20-22-18(14-27-20)16-4-3-11-21-13-16/h3-11,13-14H,2,12H2,1H3,(H,22,23,24)/b10-7-. The molecule has 0 spiro atoms. The lowest BCUT2D eigenvalue weighted by Crippen LogP contribution is -2.07. The first-order chi connectivity index (χ1) is 13.5. The molecule has 8 heteroatoms. The Kier molecular flexibility index (Phi) is 6.33. The first kappa shape index (κ1) is 19.9. The SMILES string of the molecule is CCCS(=O)(=O)c1ccc(/C=C\C(=O)Nc2nc(-c3cccnc3)cs2)cc1. The molecule has 28 heavy (non-hydrogen) atoms. The fourth-order valence-corrected chi connectivity index (χ4v) is 4.52. The molecule has 0 aliphatic rings. The number of aromatic nitrogens is 2. The van der Waals surface area contributed by atoms with Gasteiger partial charge in [0.2, 0.25) is 5.91 Å². The Bertz CT molecular complexity index is 1070. The second-order valence-corrected chi connectivity index (χ2v) is 8.96. The van der Waals surface area contributed by atoms with Gasteiger partial charge in [-0.25, -0.2) is 13.4 Å². The van der Waals surface area contributed by atoms with Crippen molar-refractivity contribution in [1.82, 2.24) is 9.97 Å². The quantitative estimate of drug-likeness (QED) is 0.591. The molecule has 1 amide bonds. The molecule has 2 heterocycles. The van der Waals surface area contributed by atoms with E-state index >= 15 is 0 Å². The van der Waals surface area contributed by atoms with Crippen LogP contribution in [0.4, 0.5) is 5.13 Å². The number of hydrogen-bond donors (Lipinski definition) is 1. The van der Waals surface area contributed by atoms with Gasteiger partial charge in [-0.2, -0.15) is 0 Å². The number of benzene rings is 1. The molecule has 1 aromatic carbocycles. The topological polar surface area (TPSA) is 89.0 Å². The molecule has 0 atom stereocenters. The van der Waals surface area contributed by atoms with Gasteiger partial charge in [0, 0.05) is 29.4 Å². The van der Waals surface area contributed by atoms with E-state index in [1.54, 1.807) is 42.7 Å². The summed E-state index contributed by atoms with van der Waals surface area (Å²) >= 11 is 1.33. The van der Waals surface area contributed by atoms with E-state index in [0.29, 0.717) is 16.4 Å².